The molecule has 0 fully saturated rings. The van der Waals surface area contributed by atoms with E-state index >= 15 is 0 Å². The second-order valence-electron chi connectivity index (χ2n) is 57.3. The lowest BCUT2D eigenvalue weighted by Gasteiger charge is -2.64. The van der Waals surface area contributed by atoms with Crippen molar-refractivity contribution in [1.29, 1.82) is 0 Å². The van der Waals surface area contributed by atoms with E-state index in [1.165, 1.54) is 7.06 Å². The molecule has 0 amide bonds. The highest BCUT2D eigenvalue weighted by Crippen LogP contribution is 2.33. The summed E-state index contributed by atoms with van der Waals surface area (Å²) in [5.41, 5.74) is 0. The van der Waals surface area contributed by atoms with E-state index in [9.17, 15) is 0 Å². The van der Waals surface area contributed by atoms with Gasteiger partial charge in [0.1, 0.15) is 0 Å². The summed E-state index contributed by atoms with van der Waals surface area (Å²) >= 11 is 0. The third-order valence-electron chi connectivity index (χ3n) is 38.1. The van der Waals surface area contributed by atoms with Crippen molar-refractivity contribution in [3.8, 4) is 0 Å². The quantitative estimate of drug-likeness (QED) is 0.0533. The van der Waals surface area contributed by atoms with Crippen LogP contribution in [0.25, 0.3) is 0 Å². The Hall–Kier alpha value is 8.25. The number of hydrogen-bond donors (Lipinski definition) is 0. The van der Waals surface area contributed by atoms with Crippen LogP contribution in [0.2, 0.25) is 0 Å². The molecule has 0 unspecified atom stereocenters. The summed E-state index contributed by atoms with van der Waals surface area (Å²) in [5.74, 6) is 0. The van der Waals surface area contributed by atoms with E-state index < -0.39 is 0 Å². The fourth-order valence-corrected chi connectivity index (χ4v) is 37.4. The van der Waals surface area contributed by atoms with Crippen molar-refractivity contribution < 1.29 is 0 Å². The largest absolute Gasteiger partial charge is 0.0594 e. The first-order valence-electron chi connectivity index (χ1n) is 57.8. The summed E-state index contributed by atoms with van der Waals surface area (Å²) < 4.78 is 0. The van der Waals surface area contributed by atoms with Crippen LogP contribution >= 0.6 is 0 Å². The monoisotopic (exact) mass is 1530 g/mol. The third-order valence-corrected chi connectivity index (χ3v) is 38.1. The maximum Gasteiger partial charge on any atom is 0.0594 e. The Morgan fingerprint density at radius 2 is 0.118 bits per heavy atom. The highest BCUT2D eigenvalue weighted by atomic mass is 13.5. The summed E-state index contributed by atoms with van der Waals surface area (Å²) in [7, 11) is 184. The predicted molar refractivity (Wildman–Crippen MR) is 911 cm³/mol. The molecule has 0 N–H and O–H groups in total. The molecule has 0 bridgehead atoms. The van der Waals surface area contributed by atoms with E-state index in [4.69, 9.17) is 0 Å². The smallest absolute Gasteiger partial charge is 0.000000111 e. The van der Waals surface area contributed by atoms with Crippen LogP contribution in [0.15, 0.2) is 0 Å². The first-order valence-corrected chi connectivity index (χ1v) is 57.8. The van der Waals surface area contributed by atoms with E-state index in [0.717, 1.165) is 0 Å². The molecule has 127 heteroatoms. The molecule has 0 aliphatic heterocycles. The van der Waals surface area contributed by atoms with Crippen LogP contribution in [0.4, 0.5) is 0 Å². The molecular formula is H129B127. The zero-order valence-corrected chi connectivity index (χ0v) is 101. The average Bonchev–Trinajstić information content (AvgIpc) is 0.698. The van der Waals surface area contributed by atoms with E-state index in [1.807, 2.05) is 0 Å². The van der Waals surface area contributed by atoms with Gasteiger partial charge < -0.3 is 0 Å². The summed E-state index contributed by atoms with van der Waals surface area (Å²) in [6.07, 6.45) is 28.3. The van der Waals surface area contributed by atoms with Gasteiger partial charge in [0.2, 0.25) is 0 Å². The highest BCUT2D eigenvalue weighted by Gasteiger charge is 2.72. The Morgan fingerprint density at radius 3 is 0.165 bits per heavy atom. The molecule has 0 nitrogen and oxygen atoms in total. The van der Waals surface area contributed by atoms with Gasteiger partial charge in [0.05, 0.1) is 495 Å². The minimum absolute atomic E-state index is 0.305. The van der Waals surface area contributed by atoms with Crippen LogP contribution in [0, 0.1) is 0 Å². The van der Waals surface area contributed by atoms with Crippen molar-refractivity contribution in [1.82, 2.24) is 0 Å². The predicted octanol–water partition coefficient (Wildman–Crippen LogP) is -82.9. The maximum atomic E-state index is 2.91. The lowest BCUT2D eigenvalue weighted by molar-refractivity contribution is 3.11. The van der Waals surface area contributed by atoms with Gasteiger partial charge in [-0.3, -0.25) is 0 Å². The molecule has 0 rings (SSSR count). The summed E-state index contributed by atoms with van der Waals surface area (Å²) in [5, 5.41) is 0. The molecule has 0 heterocycles. The molecular weight excluding hydrogens is 1370 g/mol. The first-order chi connectivity index (χ1) is 57.8. The van der Waals surface area contributed by atoms with Gasteiger partial charge in [-0.15, -0.1) is 0 Å². The molecule has 0 atom stereocenters. The Bertz CT molecular complexity index is 2150. The molecule has 0 aliphatic carbocycles. The minimum atomic E-state index is 0.305. The van der Waals surface area contributed by atoms with Crippen molar-refractivity contribution in [2.45, 2.75) is 0 Å². The Kier molecular flexibility index (Phi) is 66.6. The first kappa shape index (κ1) is 135. The zero-order valence-electron chi connectivity index (χ0n) is 101. The van der Waals surface area contributed by atoms with E-state index in [1.54, 1.807) is 0 Å². The maximum absolute atomic E-state index is 2.91. The van der Waals surface area contributed by atoms with Gasteiger partial charge in [0.15, 0.2) is 0 Å². The van der Waals surface area contributed by atoms with Gasteiger partial charge in [0.25, 0.3) is 0 Å². The van der Waals surface area contributed by atoms with Gasteiger partial charge in [-0.05, 0) is 0 Å². The molecule has 0 radical (unpaired) electrons. The molecule has 0 aromatic rings. The molecule has 0 aromatic carbocycles. The van der Waals surface area contributed by atoms with Crippen molar-refractivity contribution in [2.75, 3.05) is 0 Å². The van der Waals surface area contributed by atoms with Crippen molar-refractivity contribution in [2.24, 2.45) is 0 Å². The molecule has 0 saturated carbocycles. The van der Waals surface area contributed by atoms with Crippen molar-refractivity contribution >= 4 is 898 Å². The lowest BCUT2D eigenvalue weighted by Crippen LogP contribution is -3.03. The lowest BCUT2D eigenvalue weighted by atomic mass is 8.16. The fourth-order valence-electron chi connectivity index (χ4n) is 37.4. The average molecular weight is 1500 g/mol. The van der Waals surface area contributed by atoms with Gasteiger partial charge in [0, 0.05) is 403 Å². The summed E-state index contributed by atoms with van der Waals surface area (Å²) in [6, 6.07) is 0. The molecule has 127 heavy (non-hydrogen) atoms. The standard InChI is InChI=1S/B127H129/c1-65-97(64)113(96(62)63)121(112(94(58)59)95(60)61)125(120(110(90(50)51)91(52)53)111(92(54)55)93(56)57)127(124(118(106(82(34)35)83(36)37)107(84(38)39)85(40)41)119(108(86(42)43)87(44)45)109(88(46)47)89(48)49)126(122(114(98(66(2)3)67(4)5)99(68(6)7)69(8)9)115(100(70(10)11)71(12)13)101(72(14)15)73(16)17)123(116(102(74(18)19)75(20)21)103(76(22)23)77(24)25)117(104(78(26)27)79(28)29)105(80(30)31)81(32)33/h65H,1-64H2. The van der Waals surface area contributed by atoms with E-state index in [2.05, 4.69) is 495 Å². The second kappa shape index (κ2) is 62.5. The molecule has 510 valence electrons. The molecule has 0 spiro atoms. The zero-order chi connectivity index (χ0) is 101. The molecule has 0 aromatic heterocycles. The fraction of sp³-hybridized carbons (Fsp3) is 0. The van der Waals surface area contributed by atoms with Crippen LogP contribution in [0.5, 0.6) is 0 Å². The number of rotatable bonds is 62. The van der Waals surface area contributed by atoms with Crippen LogP contribution < -0.4 is 0 Å². The number of hydrogen-bond acceptors (Lipinski definition) is 0. The van der Waals surface area contributed by atoms with Gasteiger partial charge in [-0.1, -0.05) is 0 Å². The third kappa shape index (κ3) is 36.3. The van der Waals surface area contributed by atoms with Crippen molar-refractivity contribution in [3.63, 3.8) is 0 Å². The molecule has 0 aliphatic rings. The van der Waals surface area contributed by atoms with E-state index in [0.29, 0.717) is 396 Å². The molecule has 0 saturated heterocycles. The minimum Gasteiger partial charge on any atom is 0.000000111 e. The van der Waals surface area contributed by atoms with Crippen LogP contribution in [-0.2, 0) is 0 Å². The van der Waals surface area contributed by atoms with Crippen LogP contribution in [0.3, 0.4) is 0 Å². The Morgan fingerprint density at radius 1 is 0.0709 bits per heavy atom. The van der Waals surface area contributed by atoms with Crippen LogP contribution in [0.1, 0.15) is 0 Å². The Labute approximate surface area is 888 Å². The van der Waals surface area contributed by atoms with E-state index in [-0.39, 0.29) is 0 Å². The SMILES string of the molecule is BBB(B)B(B(B)B)B(B(B(B)B)B(B)B)B(B(B(B(B)B)B(B)B)B(B(B)B)B(B)B)B(B(B(B(B(B)B)B(B)B)B(B(B)B)B(B)B)B(B(B(B)B)B(B)B)B(B(B)B)B(B)B)B(B(B(B(B(B)B)B(B)B)B(B(B)B)B(B)B)B(B(B(B)B)B(B)B)B(B(B)B)B(B)B)B(B(B(B(B)B)B(B)B)B(B(B)B)B(B)B)B(B(B(B)B)B(B)B)B(B(B)B)B(B)B. The summed E-state index contributed by atoms with van der Waals surface area (Å²) in [6.45, 7) is 0. The van der Waals surface area contributed by atoms with Crippen LogP contribution in [-0.4, -0.2) is 898 Å². The van der Waals surface area contributed by atoms with Crippen molar-refractivity contribution in [3.05, 3.63) is 0 Å². The van der Waals surface area contributed by atoms with Gasteiger partial charge >= 0.3 is 0 Å². The van der Waals surface area contributed by atoms with Gasteiger partial charge in [-0.25, -0.2) is 0 Å². The normalized spacial score (nSPS) is 9.86. The Balaban J connectivity index is 17.2. The highest BCUT2D eigenvalue weighted by molar-refractivity contribution is 8.47. The van der Waals surface area contributed by atoms with Gasteiger partial charge in [-0.2, -0.15) is 0 Å². The second-order valence-corrected chi connectivity index (χ2v) is 57.3. The summed E-state index contributed by atoms with van der Waals surface area (Å²) in [4.78, 5) is 0. The topological polar surface area (TPSA) is 0 Å².